The van der Waals surface area contributed by atoms with Crippen LogP contribution in [0.25, 0.3) is 10.6 Å². The Bertz CT molecular complexity index is 1290. The highest BCUT2D eigenvalue weighted by Gasteiger charge is 2.23. The Balaban J connectivity index is 1.58. The number of esters is 1. The Morgan fingerprint density at radius 2 is 1.82 bits per heavy atom. The standard InChI is InChI=1S/C25H26F3N5O5S/c1-33(24(35)29-13-16-5-3-7-19(27)21(16)28)18(6-4-8-20(34)37-2)14-38-25(36)30-23-32-31-22(39-23)15-9-11-17(26)12-10-15/h3,5,7,9-12,18H,4,6,8,13-14H2,1-2H3,(H,29,35)(H,30,32,36)/t18-/m0/s1. The van der Waals surface area contributed by atoms with Gasteiger partial charge in [-0.25, -0.2) is 22.8 Å². The molecule has 0 aliphatic rings. The molecule has 2 aromatic carbocycles. The molecule has 0 unspecified atom stereocenters. The molecule has 0 bridgehead atoms. The van der Waals surface area contributed by atoms with Gasteiger partial charge in [-0.15, -0.1) is 10.2 Å². The lowest BCUT2D eigenvalue weighted by atomic mass is 10.1. The van der Waals surface area contributed by atoms with E-state index in [4.69, 9.17) is 4.74 Å². The van der Waals surface area contributed by atoms with Crippen molar-refractivity contribution < 1.29 is 37.0 Å². The summed E-state index contributed by atoms with van der Waals surface area (Å²) in [5, 5.41) is 13.4. The number of methoxy groups -OCH3 is 1. The van der Waals surface area contributed by atoms with Gasteiger partial charge in [0.05, 0.1) is 13.2 Å². The molecule has 1 aromatic heterocycles. The third kappa shape index (κ3) is 8.67. The van der Waals surface area contributed by atoms with Crippen LogP contribution in [0.4, 0.5) is 27.9 Å². The van der Waals surface area contributed by atoms with Crippen LogP contribution >= 0.6 is 11.3 Å². The van der Waals surface area contributed by atoms with Gasteiger partial charge in [-0.05, 0) is 43.2 Å². The molecule has 14 heteroatoms. The van der Waals surface area contributed by atoms with Gasteiger partial charge in [-0.1, -0.05) is 23.5 Å². The van der Waals surface area contributed by atoms with E-state index in [2.05, 4.69) is 25.6 Å². The number of carbonyl (C=O) groups excluding carboxylic acids is 3. The fourth-order valence-electron chi connectivity index (χ4n) is 3.40. The Kier molecular flexibility index (Phi) is 10.6. The number of carbonyl (C=O) groups is 3. The van der Waals surface area contributed by atoms with Crippen LogP contribution in [0, 0.1) is 17.5 Å². The number of likely N-dealkylation sites (N-methyl/N-ethyl adjacent to an activating group) is 1. The maximum atomic E-state index is 13.9. The molecule has 3 rings (SSSR count). The van der Waals surface area contributed by atoms with E-state index in [1.54, 1.807) is 0 Å². The van der Waals surface area contributed by atoms with Crippen LogP contribution in [0.2, 0.25) is 0 Å². The molecule has 3 aromatic rings. The number of nitrogens with one attached hydrogen (secondary N) is 2. The van der Waals surface area contributed by atoms with Crippen LogP contribution in [0.15, 0.2) is 42.5 Å². The Hall–Kier alpha value is -4.20. The summed E-state index contributed by atoms with van der Waals surface area (Å²) in [6.45, 7) is -0.509. The molecule has 0 aliphatic heterocycles. The second-order valence-corrected chi connectivity index (χ2v) is 9.22. The summed E-state index contributed by atoms with van der Waals surface area (Å²) in [4.78, 5) is 37.9. The van der Waals surface area contributed by atoms with Gasteiger partial charge in [0.15, 0.2) is 11.6 Å². The van der Waals surface area contributed by atoms with E-state index in [1.165, 1.54) is 55.5 Å². The molecule has 1 atom stereocenters. The number of benzene rings is 2. The molecule has 0 aliphatic carbocycles. The number of halogens is 3. The summed E-state index contributed by atoms with van der Waals surface area (Å²) < 4.78 is 50.4. The van der Waals surface area contributed by atoms with E-state index >= 15 is 0 Å². The molecule has 3 amide bonds. The molecule has 10 nitrogen and oxygen atoms in total. The summed E-state index contributed by atoms with van der Waals surface area (Å²) in [6.07, 6.45) is -0.171. The first-order chi connectivity index (χ1) is 18.7. The number of aromatic nitrogens is 2. The van der Waals surface area contributed by atoms with Crippen molar-refractivity contribution in [3.8, 4) is 10.6 Å². The third-order valence-electron chi connectivity index (χ3n) is 5.61. The fourth-order valence-corrected chi connectivity index (χ4v) is 4.13. The van der Waals surface area contributed by atoms with Gasteiger partial charge >= 0.3 is 18.1 Å². The van der Waals surface area contributed by atoms with Crippen LogP contribution in [0.5, 0.6) is 0 Å². The minimum Gasteiger partial charge on any atom is -0.469 e. The fraction of sp³-hybridized carbons (Fsp3) is 0.320. The Labute approximate surface area is 226 Å². The lowest BCUT2D eigenvalue weighted by Gasteiger charge is -2.28. The maximum Gasteiger partial charge on any atom is 0.413 e. The topological polar surface area (TPSA) is 123 Å². The van der Waals surface area contributed by atoms with Gasteiger partial charge < -0.3 is 19.7 Å². The van der Waals surface area contributed by atoms with Gasteiger partial charge in [0.1, 0.15) is 17.4 Å². The van der Waals surface area contributed by atoms with Crippen molar-refractivity contribution in [2.24, 2.45) is 0 Å². The molecular formula is C25H26F3N5O5S. The highest BCUT2D eigenvalue weighted by Crippen LogP contribution is 2.26. The summed E-state index contributed by atoms with van der Waals surface area (Å²) in [5.74, 6) is -2.93. The molecular weight excluding hydrogens is 539 g/mol. The van der Waals surface area contributed by atoms with E-state index < -0.39 is 41.6 Å². The first-order valence-corrected chi connectivity index (χ1v) is 12.5. The van der Waals surface area contributed by atoms with E-state index in [1.807, 2.05) is 0 Å². The molecule has 1 heterocycles. The highest BCUT2D eigenvalue weighted by atomic mass is 32.1. The van der Waals surface area contributed by atoms with Crippen molar-refractivity contribution in [3.05, 3.63) is 65.5 Å². The molecule has 2 N–H and O–H groups in total. The van der Waals surface area contributed by atoms with Gasteiger partial charge in [0.2, 0.25) is 5.13 Å². The summed E-state index contributed by atoms with van der Waals surface area (Å²) >= 11 is 1.05. The first-order valence-electron chi connectivity index (χ1n) is 11.7. The van der Waals surface area contributed by atoms with Crippen LogP contribution in [0.1, 0.15) is 24.8 Å². The van der Waals surface area contributed by atoms with Crippen molar-refractivity contribution in [2.45, 2.75) is 31.8 Å². The lowest BCUT2D eigenvalue weighted by molar-refractivity contribution is -0.140. The second-order valence-electron chi connectivity index (χ2n) is 8.25. The molecule has 0 saturated heterocycles. The number of ether oxygens (including phenoxy) is 2. The monoisotopic (exact) mass is 565 g/mol. The number of urea groups is 1. The van der Waals surface area contributed by atoms with E-state index in [0.717, 1.165) is 17.4 Å². The Morgan fingerprint density at radius 1 is 1.08 bits per heavy atom. The maximum absolute atomic E-state index is 13.9. The summed E-state index contributed by atoms with van der Waals surface area (Å²) in [5.41, 5.74) is 0.582. The number of hydrogen-bond acceptors (Lipinski definition) is 8. The largest absolute Gasteiger partial charge is 0.469 e. The highest BCUT2D eigenvalue weighted by molar-refractivity contribution is 7.18. The predicted octanol–water partition coefficient (Wildman–Crippen LogP) is 4.72. The van der Waals surface area contributed by atoms with Crippen molar-refractivity contribution in [2.75, 3.05) is 26.1 Å². The van der Waals surface area contributed by atoms with Crippen LogP contribution in [-0.4, -0.2) is 60.0 Å². The number of nitrogens with zero attached hydrogens (tertiary/aromatic N) is 3. The zero-order chi connectivity index (χ0) is 28.4. The van der Waals surface area contributed by atoms with Gasteiger partial charge in [-0.3, -0.25) is 10.1 Å². The molecule has 0 radical (unpaired) electrons. The smallest absolute Gasteiger partial charge is 0.413 e. The summed E-state index contributed by atoms with van der Waals surface area (Å²) in [6, 6.07) is 7.96. The minimum atomic E-state index is -1.06. The van der Waals surface area contributed by atoms with Crippen molar-refractivity contribution in [1.29, 1.82) is 0 Å². The van der Waals surface area contributed by atoms with E-state index in [0.29, 0.717) is 17.0 Å². The van der Waals surface area contributed by atoms with Gasteiger partial charge in [0.25, 0.3) is 0 Å². The third-order valence-corrected chi connectivity index (χ3v) is 6.50. The molecule has 0 spiro atoms. The lowest BCUT2D eigenvalue weighted by Crippen LogP contribution is -2.46. The molecule has 208 valence electrons. The number of rotatable bonds is 11. The Morgan fingerprint density at radius 3 is 2.54 bits per heavy atom. The zero-order valence-electron chi connectivity index (χ0n) is 21.1. The average Bonchev–Trinajstić information content (AvgIpc) is 3.39. The zero-order valence-corrected chi connectivity index (χ0v) is 21.9. The normalized spacial score (nSPS) is 11.4. The van der Waals surface area contributed by atoms with E-state index in [-0.39, 0.29) is 36.7 Å². The van der Waals surface area contributed by atoms with E-state index in [9.17, 15) is 27.6 Å². The number of hydrogen-bond donors (Lipinski definition) is 2. The van der Waals surface area contributed by atoms with Crippen molar-refractivity contribution in [1.82, 2.24) is 20.4 Å². The van der Waals surface area contributed by atoms with Crippen LogP contribution in [0.3, 0.4) is 0 Å². The quantitative estimate of drug-likeness (QED) is 0.323. The minimum absolute atomic E-state index is 0.0355. The number of amides is 3. The van der Waals surface area contributed by atoms with Crippen LogP contribution < -0.4 is 10.6 Å². The first kappa shape index (κ1) is 29.4. The molecule has 0 saturated carbocycles. The molecule has 39 heavy (non-hydrogen) atoms. The van der Waals surface area contributed by atoms with Crippen molar-refractivity contribution in [3.63, 3.8) is 0 Å². The second kappa shape index (κ2) is 14.1. The summed E-state index contributed by atoms with van der Waals surface area (Å²) in [7, 11) is 2.70. The SMILES string of the molecule is COC(=O)CCC[C@@H](COC(=O)Nc1nnc(-c2ccc(F)cc2)s1)N(C)C(=O)NCc1cccc(F)c1F. The molecule has 0 fully saturated rings. The van der Waals surface area contributed by atoms with Crippen molar-refractivity contribution >= 4 is 34.6 Å². The van der Waals surface area contributed by atoms with Crippen LogP contribution in [-0.2, 0) is 20.8 Å². The van der Waals surface area contributed by atoms with Gasteiger partial charge in [0, 0.05) is 31.1 Å². The van der Waals surface area contributed by atoms with Gasteiger partial charge in [-0.2, -0.15) is 0 Å². The predicted molar refractivity (Wildman–Crippen MR) is 136 cm³/mol. The average molecular weight is 566 g/mol. The number of anilines is 1.